The van der Waals surface area contributed by atoms with Crippen LogP contribution < -0.4 is 0 Å². The largest absolute Gasteiger partial charge is 0.501 e. The van der Waals surface area contributed by atoms with E-state index >= 15 is 0 Å². The standard InChI is InChI=1S/C14H29.ClH.Mg/c1-12(2)8-6-10-14(5)11-7-9-13(3)4;;/h12-14H,1,6-11H2,2-5H3;1H;/q;;+1/p-1/t12-,14+;;/m1../s1. The van der Waals surface area contributed by atoms with Gasteiger partial charge in [-0.3, -0.25) is 0 Å². The minimum atomic E-state index is -0.231. The first-order chi connectivity index (χ1) is 7.56. The Bertz CT molecular complexity index is 148. The van der Waals surface area contributed by atoms with Crippen LogP contribution in [-0.2, 0) is 0 Å². The summed E-state index contributed by atoms with van der Waals surface area (Å²) in [6.45, 7) is 9.42. The number of hydrogen-bond donors (Lipinski definition) is 0. The van der Waals surface area contributed by atoms with Gasteiger partial charge < -0.3 is 9.07 Å². The topological polar surface area (TPSA) is 0 Å². The van der Waals surface area contributed by atoms with Crippen molar-refractivity contribution in [3.8, 4) is 0 Å². The average Bonchev–Trinajstić information content (AvgIpc) is 2.17. The summed E-state index contributed by atoms with van der Waals surface area (Å²) in [6, 6.07) is 0. The Hall–Kier alpha value is 1.06. The molecule has 0 aliphatic carbocycles. The molecule has 2 atom stereocenters. The fraction of sp³-hybridized carbons (Fsp3) is 1.00. The molecule has 0 aliphatic heterocycles. The molecular formula is C14H29ClMg. The molecule has 0 nitrogen and oxygen atoms in total. The number of halogens is 1. The van der Waals surface area contributed by atoms with Crippen LogP contribution in [0.2, 0.25) is 4.55 Å². The molecule has 0 rings (SSSR count). The van der Waals surface area contributed by atoms with Gasteiger partial charge in [-0.2, -0.15) is 0 Å². The second-order valence-corrected chi connectivity index (χ2v) is 8.03. The van der Waals surface area contributed by atoms with Gasteiger partial charge in [-0.1, -0.05) is 72.1 Å². The molecule has 0 spiro atoms. The van der Waals surface area contributed by atoms with Gasteiger partial charge in [0.1, 0.15) is 0 Å². The molecule has 0 aliphatic rings. The van der Waals surface area contributed by atoms with Crippen LogP contribution in [0.4, 0.5) is 0 Å². The van der Waals surface area contributed by atoms with Gasteiger partial charge in [-0.05, 0) is 11.8 Å². The zero-order chi connectivity index (χ0) is 12.4. The van der Waals surface area contributed by atoms with Crippen LogP contribution in [0, 0.1) is 17.8 Å². The SMILES string of the molecule is CC(C)CCC[C@@H](C)CCC[C@@H](C)[CH2][Mg][Cl]. The highest BCUT2D eigenvalue weighted by Crippen LogP contribution is 2.20. The highest BCUT2D eigenvalue weighted by Gasteiger charge is 2.06. The Balaban J connectivity index is 3.32. The van der Waals surface area contributed by atoms with Gasteiger partial charge in [0.05, 0.1) is 0 Å². The van der Waals surface area contributed by atoms with Gasteiger partial charge in [0, 0.05) is 0 Å². The Morgan fingerprint density at radius 2 is 1.31 bits per heavy atom. The van der Waals surface area contributed by atoms with Crippen molar-refractivity contribution < 1.29 is 0 Å². The maximum atomic E-state index is 5.87. The maximum absolute atomic E-state index is 5.87. The Labute approximate surface area is 116 Å². The summed E-state index contributed by atoms with van der Waals surface area (Å²) in [7, 11) is 5.87. The second kappa shape index (κ2) is 11.2. The first-order valence-corrected chi connectivity index (χ1v) is 10.3. The van der Waals surface area contributed by atoms with Crippen molar-refractivity contribution in [3.63, 3.8) is 0 Å². The lowest BCUT2D eigenvalue weighted by molar-refractivity contribution is 0.407. The van der Waals surface area contributed by atoms with E-state index < -0.39 is 0 Å². The first kappa shape index (κ1) is 17.1. The van der Waals surface area contributed by atoms with Crippen molar-refractivity contribution in [1.29, 1.82) is 0 Å². The molecule has 0 N–H and O–H groups in total. The van der Waals surface area contributed by atoms with E-state index in [4.69, 9.17) is 9.07 Å². The van der Waals surface area contributed by atoms with Crippen LogP contribution in [0.5, 0.6) is 0 Å². The quantitative estimate of drug-likeness (QED) is 0.451. The van der Waals surface area contributed by atoms with Gasteiger partial charge in [0.2, 0.25) is 0 Å². The molecule has 0 bridgehead atoms. The van der Waals surface area contributed by atoms with Crippen molar-refractivity contribution in [1.82, 2.24) is 0 Å². The molecular weight excluding hydrogens is 228 g/mol. The predicted molar refractivity (Wildman–Crippen MR) is 77.3 cm³/mol. The molecule has 0 radical (unpaired) electrons. The molecule has 0 aromatic rings. The van der Waals surface area contributed by atoms with Crippen LogP contribution in [0.3, 0.4) is 0 Å². The highest BCUT2D eigenvalue weighted by atomic mass is 35.5. The Kier molecular flexibility index (Phi) is 11.9. The molecule has 0 heterocycles. The van der Waals surface area contributed by atoms with Crippen LogP contribution in [0.15, 0.2) is 0 Å². The van der Waals surface area contributed by atoms with Gasteiger partial charge >= 0.3 is 19.3 Å². The third-order valence-electron chi connectivity index (χ3n) is 3.47. The Morgan fingerprint density at radius 3 is 1.81 bits per heavy atom. The van der Waals surface area contributed by atoms with E-state index in [1.807, 2.05) is 0 Å². The fourth-order valence-corrected chi connectivity index (χ4v) is 3.94. The van der Waals surface area contributed by atoms with Crippen LogP contribution in [-0.4, -0.2) is 19.3 Å². The van der Waals surface area contributed by atoms with Crippen molar-refractivity contribution in [2.75, 3.05) is 0 Å². The summed E-state index contributed by atoms with van der Waals surface area (Å²) in [5.41, 5.74) is 0. The number of hydrogen-bond acceptors (Lipinski definition) is 0. The monoisotopic (exact) mass is 256 g/mol. The second-order valence-electron chi connectivity index (χ2n) is 5.94. The van der Waals surface area contributed by atoms with Gasteiger partial charge in [-0.25, -0.2) is 0 Å². The summed E-state index contributed by atoms with van der Waals surface area (Å²) in [6.07, 6.45) is 8.48. The summed E-state index contributed by atoms with van der Waals surface area (Å²) in [5.74, 6) is 2.69. The lowest BCUT2D eigenvalue weighted by atomic mass is 9.94. The fourth-order valence-electron chi connectivity index (χ4n) is 2.16. The molecule has 16 heavy (non-hydrogen) atoms. The molecule has 0 aromatic carbocycles. The zero-order valence-corrected chi connectivity index (χ0v) is 13.9. The summed E-state index contributed by atoms with van der Waals surface area (Å²) in [4.78, 5) is 0. The van der Waals surface area contributed by atoms with E-state index in [0.717, 1.165) is 17.8 Å². The van der Waals surface area contributed by atoms with Gasteiger partial charge in [-0.15, -0.1) is 4.55 Å². The highest BCUT2D eigenvalue weighted by molar-refractivity contribution is 6.93. The normalized spacial score (nSPS) is 14.9. The lowest BCUT2D eigenvalue weighted by Gasteiger charge is -2.14. The maximum Gasteiger partial charge on any atom is 0.501 e. The van der Waals surface area contributed by atoms with Crippen LogP contribution >= 0.6 is 9.07 Å². The molecule has 0 saturated carbocycles. The van der Waals surface area contributed by atoms with E-state index in [1.54, 1.807) is 0 Å². The van der Waals surface area contributed by atoms with Crippen LogP contribution in [0.1, 0.15) is 66.2 Å². The van der Waals surface area contributed by atoms with Crippen molar-refractivity contribution in [3.05, 3.63) is 0 Å². The van der Waals surface area contributed by atoms with Gasteiger partial charge in [0.15, 0.2) is 0 Å². The lowest BCUT2D eigenvalue weighted by Crippen LogP contribution is -2.00. The Morgan fingerprint density at radius 1 is 0.812 bits per heavy atom. The van der Waals surface area contributed by atoms with Crippen LogP contribution in [0.25, 0.3) is 0 Å². The van der Waals surface area contributed by atoms with E-state index in [-0.39, 0.29) is 19.3 Å². The van der Waals surface area contributed by atoms with Crippen molar-refractivity contribution in [2.24, 2.45) is 17.8 Å². The molecule has 0 unspecified atom stereocenters. The van der Waals surface area contributed by atoms with Crippen molar-refractivity contribution >= 4 is 28.3 Å². The van der Waals surface area contributed by atoms with E-state index in [9.17, 15) is 0 Å². The molecule has 2 heteroatoms. The minimum absolute atomic E-state index is 0.231. The average molecular weight is 257 g/mol. The molecule has 0 saturated heterocycles. The van der Waals surface area contributed by atoms with Crippen molar-refractivity contribution in [2.45, 2.75) is 70.8 Å². The summed E-state index contributed by atoms with van der Waals surface area (Å²) >= 11 is -0.231. The first-order valence-electron chi connectivity index (χ1n) is 7.12. The molecule has 94 valence electrons. The van der Waals surface area contributed by atoms with E-state index in [1.165, 1.54) is 43.1 Å². The smallest absolute Gasteiger partial charge is 0.346 e. The molecule has 0 fully saturated rings. The summed E-state index contributed by atoms with van der Waals surface area (Å²) < 4.78 is 1.32. The van der Waals surface area contributed by atoms with Gasteiger partial charge in [0.25, 0.3) is 0 Å². The van der Waals surface area contributed by atoms with E-state index in [2.05, 4.69) is 27.7 Å². The third kappa shape index (κ3) is 11.5. The molecule has 0 amide bonds. The zero-order valence-electron chi connectivity index (χ0n) is 11.8. The third-order valence-corrected chi connectivity index (χ3v) is 5.33. The summed E-state index contributed by atoms with van der Waals surface area (Å²) in [5, 5.41) is 0. The number of rotatable bonds is 10. The predicted octanol–water partition coefficient (Wildman–Crippen LogP) is 5.53. The van der Waals surface area contributed by atoms with E-state index in [0.29, 0.717) is 0 Å². The minimum Gasteiger partial charge on any atom is -0.346 e. The molecule has 0 aromatic heterocycles.